The first kappa shape index (κ1) is 23.8. The van der Waals surface area contributed by atoms with Gasteiger partial charge in [0.25, 0.3) is 8.25 Å². The molecule has 0 aromatic carbocycles. The monoisotopic (exact) mass is 239 g/mol. The SMILES string of the molecule is CC[PH+](CC)CC.O=[P+]([O-])[O-].[Mg+2].[OH-]. The van der Waals surface area contributed by atoms with Crippen LogP contribution in [0.1, 0.15) is 20.8 Å². The topological polar surface area (TPSA) is 93.2 Å². The van der Waals surface area contributed by atoms with Crippen LogP contribution in [0.2, 0.25) is 0 Å². The molecule has 0 radical (unpaired) electrons. The quantitative estimate of drug-likeness (QED) is 0.514. The van der Waals surface area contributed by atoms with Crippen molar-refractivity contribution in [3.05, 3.63) is 0 Å². The molecule has 0 saturated heterocycles. The first-order valence-electron chi connectivity index (χ1n) is 3.73. The van der Waals surface area contributed by atoms with Crippen LogP contribution < -0.4 is 9.79 Å². The molecule has 0 spiro atoms. The fourth-order valence-electron chi connectivity index (χ4n) is 0.750. The second-order valence-corrected chi connectivity index (χ2v) is 6.10. The minimum Gasteiger partial charge on any atom is -0.870 e. The van der Waals surface area contributed by atoms with Crippen molar-refractivity contribution < 1.29 is 19.8 Å². The first-order valence-corrected chi connectivity index (χ1v) is 6.95. The summed E-state index contributed by atoms with van der Waals surface area (Å²) in [5.41, 5.74) is 0. The van der Waals surface area contributed by atoms with Gasteiger partial charge in [-0.05, 0) is 28.7 Å². The van der Waals surface area contributed by atoms with Crippen molar-refractivity contribution in [3.63, 3.8) is 0 Å². The van der Waals surface area contributed by atoms with E-state index < -0.39 is 8.25 Å². The molecule has 0 aromatic rings. The van der Waals surface area contributed by atoms with Crippen LogP contribution in [0.15, 0.2) is 0 Å². The Balaban J connectivity index is -0.0000000600. The Bertz CT molecular complexity index is 91.1. The summed E-state index contributed by atoms with van der Waals surface area (Å²) in [6.45, 7) is 6.92. The molecule has 0 aliphatic heterocycles. The third kappa shape index (κ3) is 32.0. The maximum absolute atomic E-state index is 8.48. The Kier molecular flexibility index (Phi) is 34.5. The zero-order valence-electron chi connectivity index (χ0n) is 8.45. The summed E-state index contributed by atoms with van der Waals surface area (Å²) in [5.74, 6) is 0. The predicted octanol–water partition coefficient (Wildman–Crippen LogP) is 0.0671. The van der Waals surface area contributed by atoms with Crippen molar-refractivity contribution in [2.24, 2.45) is 0 Å². The minimum atomic E-state index is -3.37. The molecule has 0 saturated carbocycles. The standard InChI is InChI=1S/C6H15P.Mg.HO3P.H2O/c1-4-7(5-2)6-3;;1-4(2)3;/h4-6H2,1-3H3;;(H,1,2,3);1H2/q;+2;;/p-1. The second-order valence-electron chi connectivity index (χ2n) is 2.03. The number of hydrogen-bond acceptors (Lipinski definition) is 4. The van der Waals surface area contributed by atoms with Gasteiger partial charge in [-0.1, -0.05) is 4.57 Å². The smallest absolute Gasteiger partial charge is 0.870 e. The van der Waals surface area contributed by atoms with Gasteiger partial charge in [-0.25, -0.2) is 0 Å². The molecule has 0 aliphatic rings. The summed E-state index contributed by atoms with van der Waals surface area (Å²) >= 11 is 0. The van der Waals surface area contributed by atoms with Gasteiger partial charge in [-0.3, -0.25) is 0 Å². The van der Waals surface area contributed by atoms with Gasteiger partial charge in [0.1, 0.15) is 0 Å². The van der Waals surface area contributed by atoms with E-state index >= 15 is 0 Å². The molecule has 0 aromatic heterocycles. The van der Waals surface area contributed by atoms with Crippen LogP contribution in [0.4, 0.5) is 0 Å². The van der Waals surface area contributed by atoms with E-state index in [9.17, 15) is 0 Å². The van der Waals surface area contributed by atoms with Crippen LogP contribution in [0.5, 0.6) is 0 Å². The zero-order chi connectivity index (χ0) is 9.28. The molecule has 0 heterocycles. The Hall–Kier alpha value is 1.18. The van der Waals surface area contributed by atoms with Gasteiger partial charge in [-0.15, -0.1) is 0 Å². The average molecular weight is 239 g/mol. The third-order valence-electron chi connectivity index (χ3n) is 1.50. The summed E-state index contributed by atoms with van der Waals surface area (Å²) < 4.78 is 8.48. The van der Waals surface area contributed by atoms with Gasteiger partial charge >= 0.3 is 23.1 Å². The van der Waals surface area contributed by atoms with E-state index in [1.807, 2.05) is 0 Å². The summed E-state index contributed by atoms with van der Waals surface area (Å²) in [6, 6.07) is 0. The number of hydrogen-bond donors (Lipinski definition) is 0. The molecule has 0 atom stereocenters. The largest absolute Gasteiger partial charge is 2.00 e. The summed E-state index contributed by atoms with van der Waals surface area (Å²) in [5, 5.41) is 0. The maximum atomic E-state index is 8.48. The van der Waals surface area contributed by atoms with Gasteiger partial charge in [0, 0.05) is 0 Å². The molecule has 76 valence electrons. The first-order chi connectivity index (χ1) is 5.08. The molecule has 0 aliphatic carbocycles. The Morgan fingerprint density at radius 2 is 1.23 bits per heavy atom. The molecule has 7 heteroatoms. The van der Waals surface area contributed by atoms with Crippen LogP contribution in [0, 0.1) is 0 Å². The predicted molar refractivity (Wildman–Crippen MR) is 55.2 cm³/mol. The van der Waals surface area contributed by atoms with Crippen LogP contribution in [-0.2, 0) is 4.57 Å². The fourth-order valence-corrected chi connectivity index (χ4v) is 2.25. The van der Waals surface area contributed by atoms with Gasteiger partial charge in [0.05, 0.1) is 18.5 Å². The third-order valence-corrected chi connectivity index (χ3v) is 4.50. The maximum Gasteiger partial charge on any atom is 2.00 e. The van der Waals surface area contributed by atoms with E-state index in [4.69, 9.17) is 14.4 Å². The molecule has 0 amide bonds. The van der Waals surface area contributed by atoms with E-state index in [1.165, 1.54) is 18.5 Å². The summed E-state index contributed by atoms with van der Waals surface area (Å²) in [6.07, 6.45) is 4.37. The van der Waals surface area contributed by atoms with Crippen LogP contribution in [-0.4, -0.2) is 47.0 Å². The second kappa shape index (κ2) is 18.9. The molecular formula is C6H17MgO4P2+. The fraction of sp³-hybridized carbons (Fsp3) is 1.00. The van der Waals surface area contributed by atoms with Gasteiger partial charge in [0.2, 0.25) is 0 Å². The van der Waals surface area contributed by atoms with Crippen LogP contribution in [0.25, 0.3) is 0 Å². The van der Waals surface area contributed by atoms with Gasteiger partial charge in [-0.2, -0.15) is 0 Å². The van der Waals surface area contributed by atoms with Gasteiger partial charge in [0.15, 0.2) is 0 Å². The average Bonchev–Trinajstić information content (AvgIpc) is 1.90. The van der Waals surface area contributed by atoms with Crippen LogP contribution in [0.3, 0.4) is 0 Å². The van der Waals surface area contributed by atoms with Crippen molar-refractivity contribution in [1.82, 2.24) is 0 Å². The summed E-state index contributed by atoms with van der Waals surface area (Å²) in [7, 11) is -3.23. The van der Waals surface area contributed by atoms with E-state index in [-0.39, 0.29) is 36.5 Å². The van der Waals surface area contributed by atoms with Crippen LogP contribution >= 0.6 is 16.2 Å². The summed E-state index contributed by atoms with van der Waals surface area (Å²) in [4.78, 5) is 17.0. The van der Waals surface area contributed by atoms with Gasteiger partial charge < -0.3 is 15.3 Å². The molecule has 0 fully saturated rings. The van der Waals surface area contributed by atoms with Crippen molar-refractivity contribution in [3.8, 4) is 0 Å². The molecule has 0 rings (SSSR count). The van der Waals surface area contributed by atoms with Crippen molar-refractivity contribution in [2.75, 3.05) is 18.5 Å². The Morgan fingerprint density at radius 1 is 1.08 bits per heavy atom. The molecule has 0 unspecified atom stereocenters. The molecule has 0 bridgehead atoms. The normalized spacial score (nSPS) is 7.54. The molecule has 1 N–H and O–H groups in total. The van der Waals surface area contributed by atoms with E-state index in [0.717, 1.165) is 0 Å². The van der Waals surface area contributed by atoms with E-state index in [2.05, 4.69) is 20.8 Å². The Labute approximate surface area is 98.3 Å². The molecular weight excluding hydrogens is 222 g/mol. The number of rotatable bonds is 3. The Morgan fingerprint density at radius 3 is 1.23 bits per heavy atom. The molecule has 13 heavy (non-hydrogen) atoms. The minimum absolute atomic E-state index is 0. The molecule has 4 nitrogen and oxygen atoms in total. The van der Waals surface area contributed by atoms with Crippen molar-refractivity contribution >= 4 is 39.2 Å². The van der Waals surface area contributed by atoms with E-state index in [0.29, 0.717) is 0 Å². The van der Waals surface area contributed by atoms with E-state index in [1.54, 1.807) is 0 Å². The van der Waals surface area contributed by atoms with Crippen molar-refractivity contribution in [2.45, 2.75) is 20.8 Å². The van der Waals surface area contributed by atoms with Crippen molar-refractivity contribution in [1.29, 1.82) is 0 Å². The zero-order valence-corrected chi connectivity index (χ0v) is 11.8.